The summed E-state index contributed by atoms with van der Waals surface area (Å²) in [4.78, 5) is 18.6. The zero-order valence-electron chi connectivity index (χ0n) is 13.7. The molecular weight excluding hydrogens is 298 g/mol. The van der Waals surface area contributed by atoms with Crippen LogP contribution in [0.4, 0.5) is 0 Å². The zero-order chi connectivity index (χ0) is 16.7. The molecule has 1 aromatic rings. The first-order chi connectivity index (χ1) is 11.2. The molecule has 1 aromatic heterocycles. The molecule has 1 amide bonds. The maximum absolute atomic E-state index is 12.3. The number of nitrogens with zero attached hydrogens (tertiary/aromatic N) is 2. The number of aliphatic hydroxyl groups is 1. The van der Waals surface area contributed by atoms with Gasteiger partial charge in [0, 0.05) is 25.2 Å². The van der Waals surface area contributed by atoms with E-state index in [0.29, 0.717) is 18.0 Å². The monoisotopic (exact) mass is 323 g/mol. The van der Waals surface area contributed by atoms with Crippen molar-refractivity contribution < 1.29 is 19.4 Å². The quantitative estimate of drug-likeness (QED) is 0.767. The van der Waals surface area contributed by atoms with Crippen molar-refractivity contribution in [3.05, 3.63) is 17.7 Å². The molecule has 1 saturated heterocycles. The first-order valence-corrected chi connectivity index (χ1v) is 7.91. The van der Waals surface area contributed by atoms with Crippen LogP contribution in [0.1, 0.15) is 29.6 Å². The van der Waals surface area contributed by atoms with Gasteiger partial charge in [-0.25, -0.2) is 0 Å². The molecule has 7 nitrogen and oxygen atoms in total. The van der Waals surface area contributed by atoms with E-state index in [1.165, 1.54) is 14.2 Å². The summed E-state index contributed by atoms with van der Waals surface area (Å²) in [6.07, 6.45) is 3.31. The minimum absolute atomic E-state index is 0.171. The van der Waals surface area contributed by atoms with Crippen molar-refractivity contribution in [3.63, 3.8) is 0 Å². The normalized spacial score (nSPS) is 18.5. The highest BCUT2D eigenvalue weighted by atomic mass is 16.5. The van der Waals surface area contributed by atoms with Crippen LogP contribution in [0.3, 0.4) is 0 Å². The molecule has 0 bridgehead atoms. The van der Waals surface area contributed by atoms with E-state index in [1.54, 1.807) is 12.1 Å². The van der Waals surface area contributed by atoms with Crippen LogP contribution in [0.2, 0.25) is 0 Å². The number of hydrogen-bond donors (Lipinski definition) is 2. The molecule has 2 rings (SSSR count). The highest BCUT2D eigenvalue weighted by Gasteiger charge is 2.21. The van der Waals surface area contributed by atoms with Gasteiger partial charge in [0.2, 0.25) is 11.8 Å². The number of methoxy groups -OCH3 is 2. The van der Waals surface area contributed by atoms with Crippen molar-refractivity contribution in [2.24, 2.45) is 0 Å². The molecule has 1 atom stereocenters. The number of aliphatic hydroxyl groups excluding tert-OH is 1. The number of nitrogens with one attached hydrogen (secondary N) is 1. The standard InChI is InChI=1S/C16H25N3O4/c1-22-14-7-6-13(16(18-14)23-2)15(21)17-8-10-19-9-4-3-5-12(19)11-20/h6-7,12,20H,3-5,8-11H2,1-2H3,(H,17,21)/t12-/m1/s1. The van der Waals surface area contributed by atoms with E-state index in [4.69, 9.17) is 9.47 Å². The predicted octanol–water partition coefficient (Wildman–Crippen LogP) is 0.675. The molecule has 2 N–H and O–H groups in total. The summed E-state index contributed by atoms with van der Waals surface area (Å²) >= 11 is 0. The highest BCUT2D eigenvalue weighted by molar-refractivity contribution is 5.96. The van der Waals surface area contributed by atoms with Crippen LogP contribution >= 0.6 is 0 Å². The van der Waals surface area contributed by atoms with E-state index in [2.05, 4.69) is 15.2 Å². The second kappa shape index (κ2) is 8.69. The lowest BCUT2D eigenvalue weighted by Gasteiger charge is -2.34. The van der Waals surface area contributed by atoms with Gasteiger partial charge in [0.25, 0.3) is 5.91 Å². The summed E-state index contributed by atoms with van der Waals surface area (Å²) in [6, 6.07) is 3.47. The Morgan fingerprint density at radius 3 is 2.91 bits per heavy atom. The van der Waals surface area contributed by atoms with Crippen molar-refractivity contribution in [2.45, 2.75) is 25.3 Å². The molecule has 0 unspecified atom stereocenters. The first kappa shape index (κ1) is 17.5. The topological polar surface area (TPSA) is 83.9 Å². The van der Waals surface area contributed by atoms with Crippen LogP contribution < -0.4 is 14.8 Å². The number of hydrogen-bond acceptors (Lipinski definition) is 6. The van der Waals surface area contributed by atoms with Gasteiger partial charge in [0.1, 0.15) is 5.56 Å². The SMILES string of the molecule is COc1ccc(C(=O)NCCN2CCCC[C@@H]2CO)c(OC)n1. The van der Waals surface area contributed by atoms with Crippen molar-refractivity contribution in [2.75, 3.05) is 40.5 Å². The molecular formula is C16H25N3O4. The number of aromatic nitrogens is 1. The largest absolute Gasteiger partial charge is 0.481 e. The van der Waals surface area contributed by atoms with Gasteiger partial charge in [-0.3, -0.25) is 9.69 Å². The van der Waals surface area contributed by atoms with Crippen LogP contribution in [0.25, 0.3) is 0 Å². The van der Waals surface area contributed by atoms with Crippen LogP contribution in [-0.2, 0) is 0 Å². The first-order valence-electron chi connectivity index (χ1n) is 7.91. The average molecular weight is 323 g/mol. The van der Waals surface area contributed by atoms with Gasteiger partial charge in [-0.2, -0.15) is 4.98 Å². The summed E-state index contributed by atoms with van der Waals surface area (Å²) in [7, 11) is 2.98. The molecule has 0 radical (unpaired) electrons. The Morgan fingerprint density at radius 1 is 1.39 bits per heavy atom. The van der Waals surface area contributed by atoms with E-state index >= 15 is 0 Å². The molecule has 7 heteroatoms. The van der Waals surface area contributed by atoms with Gasteiger partial charge in [-0.15, -0.1) is 0 Å². The summed E-state index contributed by atoms with van der Waals surface area (Å²) in [6.45, 7) is 2.38. The number of ether oxygens (including phenoxy) is 2. The second-order valence-corrected chi connectivity index (χ2v) is 5.53. The summed E-state index contributed by atoms with van der Waals surface area (Å²) in [5, 5.41) is 12.3. The van der Waals surface area contributed by atoms with Crippen molar-refractivity contribution >= 4 is 5.91 Å². The number of rotatable bonds is 7. The lowest BCUT2D eigenvalue weighted by atomic mass is 10.0. The Labute approximate surface area is 136 Å². The van der Waals surface area contributed by atoms with Crippen molar-refractivity contribution in [1.82, 2.24) is 15.2 Å². The minimum atomic E-state index is -0.227. The third-order valence-electron chi connectivity index (χ3n) is 4.13. The summed E-state index contributed by atoms with van der Waals surface area (Å²) < 4.78 is 10.2. The smallest absolute Gasteiger partial charge is 0.256 e. The Bertz CT molecular complexity index is 524. The maximum Gasteiger partial charge on any atom is 0.256 e. The fraction of sp³-hybridized carbons (Fsp3) is 0.625. The third kappa shape index (κ3) is 4.56. The van der Waals surface area contributed by atoms with E-state index in [9.17, 15) is 9.90 Å². The van der Waals surface area contributed by atoms with Crippen LogP contribution in [-0.4, -0.2) is 67.4 Å². The molecule has 0 spiro atoms. The van der Waals surface area contributed by atoms with Gasteiger partial charge in [-0.1, -0.05) is 6.42 Å². The lowest BCUT2D eigenvalue weighted by molar-refractivity contribution is 0.0847. The molecule has 0 aliphatic carbocycles. The number of amides is 1. The van der Waals surface area contributed by atoms with E-state index in [0.717, 1.165) is 32.4 Å². The lowest BCUT2D eigenvalue weighted by Crippen LogP contribution is -2.45. The fourth-order valence-corrected chi connectivity index (χ4v) is 2.83. The average Bonchev–Trinajstić information content (AvgIpc) is 2.61. The molecule has 1 aliphatic heterocycles. The van der Waals surface area contributed by atoms with E-state index in [1.807, 2.05) is 0 Å². The molecule has 23 heavy (non-hydrogen) atoms. The molecule has 1 aliphatic rings. The van der Waals surface area contributed by atoms with Crippen LogP contribution in [0, 0.1) is 0 Å². The number of carbonyl (C=O) groups excluding carboxylic acids is 1. The van der Waals surface area contributed by atoms with E-state index in [-0.39, 0.29) is 24.4 Å². The number of carbonyl (C=O) groups is 1. The Kier molecular flexibility index (Phi) is 6.61. The molecule has 0 aromatic carbocycles. The van der Waals surface area contributed by atoms with E-state index < -0.39 is 0 Å². The minimum Gasteiger partial charge on any atom is -0.481 e. The van der Waals surface area contributed by atoms with Gasteiger partial charge >= 0.3 is 0 Å². The zero-order valence-corrected chi connectivity index (χ0v) is 13.7. The molecule has 0 saturated carbocycles. The van der Waals surface area contributed by atoms with Gasteiger partial charge in [0.15, 0.2) is 0 Å². The summed E-state index contributed by atoms with van der Waals surface area (Å²) in [5.41, 5.74) is 0.380. The number of piperidine rings is 1. The molecule has 1 fully saturated rings. The fourth-order valence-electron chi connectivity index (χ4n) is 2.83. The third-order valence-corrected chi connectivity index (χ3v) is 4.13. The number of likely N-dealkylation sites (tertiary alicyclic amines) is 1. The Balaban J connectivity index is 1.89. The summed E-state index contributed by atoms with van der Waals surface area (Å²) in [5.74, 6) is 0.417. The van der Waals surface area contributed by atoms with Gasteiger partial charge in [-0.05, 0) is 25.5 Å². The molecule has 2 heterocycles. The molecule has 128 valence electrons. The predicted molar refractivity (Wildman–Crippen MR) is 86.0 cm³/mol. The van der Waals surface area contributed by atoms with Crippen LogP contribution in [0.15, 0.2) is 12.1 Å². The van der Waals surface area contributed by atoms with Gasteiger partial charge < -0.3 is 19.9 Å². The van der Waals surface area contributed by atoms with Crippen LogP contribution in [0.5, 0.6) is 11.8 Å². The maximum atomic E-state index is 12.3. The van der Waals surface area contributed by atoms with Crippen molar-refractivity contribution in [1.29, 1.82) is 0 Å². The highest BCUT2D eigenvalue weighted by Crippen LogP contribution is 2.19. The Hall–Kier alpha value is -1.86. The van der Waals surface area contributed by atoms with Gasteiger partial charge in [0.05, 0.1) is 20.8 Å². The van der Waals surface area contributed by atoms with Crippen molar-refractivity contribution in [3.8, 4) is 11.8 Å². The Morgan fingerprint density at radius 2 is 2.22 bits per heavy atom. The number of pyridine rings is 1. The second-order valence-electron chi connectivity index (χ2n) is 5.53.